The molecule has 0 saturated carbocycles. The predicted molar refractivity (Wildman–Crippen MR) is 35.4 cm³/mol. The molecule has 0 aromatic rings. The van der Waals surface area contributed by atoms with Crippen LogP contribution in [-0.2, 0) is 0 Å². The Morgan fingerprint density at radius 2 is 1.40 bits per heavy atom. The molecular formula is C6H14O4. The van der Waals surface area contributed by atoms with E-state index in [1.54, 1.807) is 0 Å². The van der Waals surface area contributed by atoms with Crippen molar-refractivity contribution >= 4 is 0 Å². The van der Waals surface area contributed by atoms with E-state index in [0.29, 0.717) is 0 Å². The van der Waals surface area contributed by atoms with Crippen molar-refractivity contribution in [1.82, 2.24) is 0 Å². The van der Waals surface area contributed by atoms with Crippen molar-refractivity contribution in [2.45, 2.75) is 13.0 Å². The fraction of sp³-hybridized carbons (Fsp3) is 1.00. The molecule has 0 aromatic heterocycles. The summed E-state index contributed by atoms with van der Waals surface area (Å²) in [5.74, 6) is 0. The van der Waals surface area contributed by atoms with Crippen molar-refractivity contribution < 1.29 is 20.4 Å². The first-order valence-corrected chi connectivity index (χ1v) is 3.13. The van der Waals surface area contributed by atoms with Gasteiger partial charge in [-0.15, -0.1) is 0 Å². The van der Waals surface area contributed by atoms with Crippen LogP contribution >= 0.6 is 0 Å². The third-order valence-corrected chi connectivity index (χ3v) is 1.83. The van der Waals surface area contributed by atoms with Crippen LogP contribution in [0.1, 0.15) is 6.92 Å². The lowest BCUT2D eigenvalue weighted by molar-refractivity contribution is -0.0750. The van der Waals surface area contributed by atoms with Gasteiger partial charge in [0.15, 0.2) is 0 Å². The Kier molecular flexibility index (Phi) is 3.81. The molecule has 0 aliphatic rings. The molecule has 1 atom stereocenters. The number of rotatable bonds is 4. The SMILES string of the molecule is CC(O)C(CO)(CO)CO. The van der Waals surface area contributed by atoms with Crippen LogP contribution in [-0.4, -0.2) is 46.4 Å². The third kappa shape index (κ3) is 1.67. The van der Waals surface area contributed by atoms with Crippen LogP contribution in [0.5, 0.6) is 0 Å². The Balaban J connectivity index is 4.15. The molecule has 0 amide bonds. The molecule has 0 aliphatic carbocycles. The summed E-state index contributed by atoms with van der Waals surface area (Å²) in [5, 5.41) is 35.0. The minimum absolute atomic E-state index is 0.419. The molecule has 0 rings (SSSR count). The highest BCUT2D eigenvalue weighted by atomic mass is 16.3. The lowest BCUT2D eigenvalue weighted by atomic mass is 9.86. The lowest BCUT2D eigenvalue weighted by Crippen LogP contribution is -2.43. The van der Waals surface area contributed by atoms with Crippen molar-refractivity contribution in [2.75, 3.05) is 19.8 Å². The second kappa shape index (κ2) is 3.88. The van der Waals surface area contributed by atoms with E-state index in [1.807, 2.05) is 0 Å². The first kappa shape index (κ1) is 9.84. The van der Waals surface area contributed by atoms with Crippen molar-refractivity contribution in [3.8, 4) is 0 Å². The zero-order valence-electron chi connectivity index (χ0n) is 5.99. The summed E-state index contributed by atoms with van der Waals surface area (Å²) >= 11 is 0. The Morgan fingerprint density at radius 1 is 1.10 bits per heavy atom. The van der Waals surface area contributed by atoms with E-state index in [1.165, 1.54) is 6.92 Å². The molecule has 0 radical (unpaired) electrons. The van der Waals surface area contributed by atoms with E-state index < -0.39 is 31.3 Å². The molecule has 1 unspecified atom stereocenters. The molecule has 0 fully saturated rings. The lowest BCUT2D eigenvalue weighted by Gasteiger charge is -2.30. The molecule has 0 heterocycles. The van der Waals surface area contributed by atoms with Crippen molar-refractivity contribution in [1.29, 1.82) is 0 Å². The monoisotopic (exact) mass is 150 g/mol. The average Bonchev–Trinajstić information content (AvgIpc) is 1.92. The van der Waals surface area contributed by atoms with Gasteiger partial charge in [-0.2, -0.15) is 0 Å². The third-order valence-electron chi connectivity index (χ3n) is 1.83. The summed E-state index contributed by atoms with van der Waals surface area (Å²) in [4.78, 5) is 0. The van der Waals surface area contributed by atoms with Crippen molar-refractivity contribution in [3.05, 3.63) is 0 Å². The smallest absolute Gasteiger partial charge is 0.0652 e. The highest BCUT2D eigenvalue weighted by Gasteiger charge is 2.33. The molecule has 0 aromatic carbocycles. The molecule has 0 bridgehead atoms. The van der Waals surface area contributed by atoms with Gasteiger partial charge in [0.2, 0.25) is 0 Å². The Bertz CT molecular complexity index is 79.5. The maximum absolute atomic E-state index is 8.98. The van der Waals surface area contributed by atoms with E-state index in [-0.39, 0.29) is 0 Å². The molecule has 4 N–H and O–H groups in total. The summed E-state index contributed by atoms with van der Waals surface area (Å²) in [7, 11) is 0. The van der Waals surface area contributed by atoms with Crippen LogP contribution in [0.4, 0.5) is 0 Å². The minimum Gasteiger partial charge on any atom is -0.396 e. The molecule has 10 heavy (non-hydrogen) atoms. The quantitative estimate of drug-likeness (QED) is 0.386. The minimum atomic E-state index is -1.15. The van der Waals surface area contributed by atoms with Crippen LogP contribution in [0, 0.1) is 5.41 Å². The maximum Gasteiger partial charge on any atom is 0.0652 e. The number of aliphatic hydroxyl groups is 4. The molecule has 0 spiro atoms. The Labute approximate surface area is 59.7 Å². The second-order valence-electron chi connectivity index (χ2n) is 2.51. The van der Waals surface area contributed by atoms with E-state index >= 15 is 0 Å². The first-order chi connectivity index (χ1) is 4.63. The van der Waals surface area contributed by atoms with E-state index in [9.17, 15) is 0 Å². The summed E-state index contributed by atoms with van der Waals surface area (Å²) in [6.07, 6.45) is -0.910. The number of hydrogen-bond acceptors (Lipinski definition) is 4. The van der Waals surface area contributed by atoms with Crippen molar-refractivity contribution in [3.63, 3.8) is 0 Å². The normalized spacial score (nSPS) is 15.3. The summed E-state index contributed by atoms with van der Waals surface area (Å²) in [6.45, 7) is 0.162. The van der Waals surface area contributed by atoms with Gasteiger partial charge in [-0.3, -0.25) is 0 Å². The fourth-order valence-electron chi connectivity index (χ4n) is 0.546. The van der Waals surface area contributed by atoms with Crippen LogP contribution in [0.2, 0.25) is 0 Å². The van der Waals surface area contributed by atoms with Gasteiger partial charge in [0.1, 0.15) is 0 Å². The van der Waals surface area contributed by atoms with Crippen LogP contribution in [0.15, 0.2) is 0 Å². The standard InChI is InChI=1S/C6H14O4/c1-5(10)6(2-7,3-8)4-9/h5,7-10H,2-4H2,1H3. The van der Waals surface area contributed by atoms with Crippen LogP contribution < -0.4 is 0 Å². The number of hydrogen-bond donors (Lipinski definition) is 4. The topological polar surface area (TPSA) is 80.9 Å². The highest BCUT2D eigenvalue weighted by molar-refractivity contribution is 4.81. The number of aliphatic hydroxyl groups excluding tert-OH is 4. The van der Waals surface area contributed by atoms with Crippen molar-refractivity contribution in [2.24, 2.45) is 5.41 Å². The molecule has 0 aliphatic heterocycles. The summed E-state index contributed by atoms with van der Waals surface area (Å²) < 4.78 is 0. The molecule has 0 saturated heterocycles. The van der Waals surface area contributed by atoms with Crippen LogP contribution in [0.3, 0.4) is 0 Å². The average molecular weight is 150 g/mol. The summed E-state index contributed by atoms with van der Waals surface area (Å²) in [5.41, 5.74) is -1.15. The van der Waals surface area contributed by atoms with Gasteiger partial charge in [0.05, 0.1) is 31.3 Å². The molecule has 4 nitrogen and oxygen atoms in total. The highest BCUT2D eigenvalue weighted by Crippen LogP contribution is 2.19. The first-order valence-electron chi connectivity index (χ1n) is 3.13. The molecular weight excluding hydrogens is 136 g/mol. The zero-order chi connectivity index (χ0) is 8.20. The molecule has 4 heteroatoms. The van der Waals surface area contributed by atoms with Gasteiger partial charge < -0.3 is 20.4 Å². The largest absolute Gasteiger partial charge is 0.396 e. The zero-order valence-corrected chi connectivity index (χ0v) is 5.99. The van der Waals surface area contributed by atoms with Gasteiger partial charge in [-0.25, -0.2) is 0 Å². The molecule has 62 valence electrons. The fourth-order valence-corrected chi connectivity index (χ4v) is 0.546. The van der Waals surface area contributed by atoms with E-state index in [4.69, 9.17) is 20.4 Å². The van der Waals surface area contributed by atoms with Gasteiger partial charge in [-0.05, 0) is 6.92 Å². The Hall–Kier alpha value is -0.160. The van der Waals surface area contributed by atoms with Gasteiger partial charge in [0, 0.05) is 0 Å². The van der Waals surface area contributed by atoms with E-state index in [0.717, 1.165) is 0 Å². The predicted octanol–water partition coefficient (Wildman–Crippen LogP) is -1.67. The Morgan fingerprint density at radius 3 is 1.40 bits per heavy atom. The van der Waals surface area contributed by atoms with E-state index in [2.05, 4.69) is 0 Å². The van der Waals surface area contributed by atoms with Crippen LogP contribution in [0.25, 0.3) is 0 Å². The summed E-state index contributed by atoms with van der Waals surface area (Å²) in [6, 6.07) is 0. The second-order valence-corrected chi connectivity index (χ2v) is 2.51. The maximum atomic E-state index is 8.98. The van der Waals surface area contributed by atoms with Gasteiger partial charge >= 0.3 is 0 Å². The van der Waals surface area contributed by atoms with Gasteiger partial charge in [-0.1, -0.05) is 0 Å². The van der Waals surface area contributed by atoms with Gasteiger partial charge in [0.25, 0.3) is 0 Å².